The van der Waals surface area contributed by atoms with Crippen LogP contribution in [-0.2, 0) is 0 Å². The number of hydrogen-bond acceptors (Lipinski definition) is 1. The van der Waals surface area contributed by atoms with Crippen LogP contribution in [0.5, 0.6) is 0 Å². The molecule has 1 nitrogen and oxygen atoms in total. The van der Waals surface area contributed by atoms with Gasteiger partial charge in [-0.05, 0) is 18.9 Å². The lowest BCUT2D eigenvalue weighted by molar-refractivity contribution is 0.542. The molecule has 1 N–H and O–H groups in total. The predicted octanol–water partition coefficient (Wildman–Crippen LogP) is 1.95. The molecule has 1 saturated carbocycles. The highest BCUT2D eigenvalue weighted by Crippen LogP contribution is 2.33. The molecule has 1 aliphatic carbocycles. The van der Waals surface area contributed by atoms with Gasteiger partial charge in [-0.15, -0.1) is 6.58 Å². The fraction of sp³-hybridized carbons (Fsp3) is 0.778. The van der Waals surface area contributed by atoms with Crippen molar-refractivity contribution in [2.24, 2.45) is 5.92 Å². The molecule has 58 valence electrons. The fourth-order valence-corrected chi connectivity index (χ4v) is 1.24. The molecule has 0 amide bonds. The SMILES string of the molecule is C=CC(CC1CC1)NCC. The van der Waals surface area contributed by atoms with Crippen molar-refractivity contribution in [3.63, 3.8) is 0 Å². The summed E-state index contributed by atoms with van der Waals surface area (Å²) in [4.78, 5) is 0. The number of hydrogen-bond donors (Lipinski definition) is 1. The largest absolute Gasteiger partial charge is 0.311 e. The summed E-state index contributed by atoms with van der Waals surface area (Å²) in [6.07, 6.45) is 6.21. The van der Waals surface area contributed by atoms with Gasteiger partial charge < -0.3 is 5.32 Å². The van der Waals surface area contributed by atoms with E-state index in [0.29, 0.717) is 6.04 Å². The van der Waals surface area contributed by atoms with Gasteiger partial charge in [-0.25, -0.2) is 0 Å². The molecule has 1 heteroatoms. The molecule has 0 aromatic heterocycles. The van der Waals surface area contributed by atoms with E-state index in [1.807, 2.05) is 6.08 Å². The Kier molecular flexibility index (Phi) is 2.94. The number of rotatable bonds is 5. The van der Waals surface area contributed by atoms with Crippen LogP contribution < -0.4 is 5.32 Å². The zero-order valence-corrected chi connectivity index (χ0v) is 6.77. The maximum Gasteiger partial charge on any atom is 0.0249 e. The highest BCUT2D eigenvalue weighted by molar-refractivity contribution is 4.90. The smallest absolute Gasteiger partial charge is 0.0249 e. The average molecular weight is 139 g/mol. The van der Waals surface area contributed by atoms with Crippen LogP contribution in [0, 0.1) is 5.92 Å². The van der Waals surface area contributed by atoms with Crippen LogP contribution in [-0.4, -0.2) is 12.6 Å². The number of likely N-dealkylation sites (N-methyl/N-ethyl adjacent to an activating group) is 1. The summed E-state index contributed by atoms with van der Waals surface area (Å²) in [5.74, 6) is 1.00. The normalized spacial score (nSPS) is 20.5. The molecule has 0 spiro atoms. The molecule has 1 fully saturated rings. The molecule has 1 unspecified atom stereocenters. The zero-order chi connectivity index (χ0) is 7.40. The third-order valence-electron chi connectivity index (χ3n) is 2.04. The Morgan fingerprint density at radius 2 is 2.40 bits per heavy atom. The first-order valence-electron chi connectivity index (χ1n) is 4.22. The van der Waals surface area contributed by atoms with Crippen LogP contribution in [0.2, 0.25) is 0 Å². The lowest BCUT2D eigenvalue weighted by Gasteiger charge is -2.11. The second kappa shape index (κ2) is 3.77. The van der Waals surface area contributed by atoms with E-state index in [-0.39, 0.29) is 0 Å². The van der Waals surface area contributed by atoms with Crippen molar-refractivity contribution in [1.29, 1.82) is 0 Å². The van der Waals surface area contributed by atoms with E-state index in [1.54, 1.807) is 0 Å². The van der Waals surface area contributed by atoms with Gasteiger partial charge in [0.1, 0.15) is 0 Å². The van der Waals surface area contributed by atoms with Crippen LogP contribution in [0.15, 0.2) is 12.7 Å². The minimum Gasteiger partial charge on any atom is -0.311 e. The average Bonchev–Trinajstić information content (AvgIpc) is 2.71. The van der Waals surface area contributed by atoms with E-state index in [2.05, 4.69) is 18.8 Å². The summed E-state index contributed by atoms with van der Waals surface area (Å²) in [7, 11) is 0. The Labute approximate surface area is 63.5 Å². The Morgan fingerprint density at radius 1 is 1.70 bits per heavy atom. The van der Waals surface area contributed by atoms with E-state index in [4.69, 9.17) is 0 Å². The van der Waals surface area contributed by atoms with Crippen molar-refractivity contribution in [1.82, 2.24) is 5.32 Å². The highest BCUT2D eigenvalue weighted by atomic mass is 14.9. The number of nitrogens with one attached hydrogen (secondary N) is 1. The topological polar surface area (TPSA) is 12.0 Å². The van der Waals surface area contributed by atoms with Crippen LogP contribution in [0.1, 0.15) is 26.2 Å². The molecular weight excluding hydrogens is 122 g/mol. The van der Waals surface area contributed by atoms with Gasteiger partial charge >= 0.3 is 0 Å². The van der Waals surface area contributed by atoms with Crippen molar-refractivity contribution in [2.75, 3.05) is 6.54 Å². The van der Waals surface area contributed by atoms with Gasteiger partial charge in [0.25, 0.3) is 0 Å². The maximum atomic E-state index is 3.80. The molecular formula is C9H17N. The molecule has 0 saturated heterocycles. The first-order chi connectivity index (χ1) is 4.86. The first-order valence-corrected chi connectivity index (χ1v) is 4.22. The Morgan fingerprint density at radius 3 is 2.80 bits per heavy atom. The summed E-state index contributed by atoms with van der Waals surface area (Å²) < 4.78 is 0. The van der Waals surface area contributed by atoms with Crippen LogP contribution >= 0.6 is 0 Å². The van der Waals surface area contributed by atoms with E-state index in [0.717, 1.165) is 12.5 Å². The third kappa shape index (κ3) is 2.53. The lowest BCUT2D eigenvalue weighted by atomic mass is 10.1. The zero-order valence-electron chi connectivity index (χ0n) is 6.77. The van der Waals surface area contributed by atoms with Gasteiger partial charge in [-0.3, -0.25) is 0 Å². The van der Waals surface area contributed by atoms with Crippen molar-refractivity contribution < 1.29 is 0 Å². The summed E-state index contributed by atoms with van der Waals surface area (Å²) >= 11 is 0. The summed E-state index contributed by atoms with van der Waals surface area (Å²) in [6, 6.07) is 0.567. The van der Waals surface area contributed by atoms with E-state index < -0.39 is 0 Å². The van der Waals surface area contributed by atoms with E-state index in [9.17, 15) is 0 Å². The molecule has 0 aliphatic heterocycles. The van der Waals surface area contributed by atoms with Crippen molar-refractivity contribution in [2.45, 2.75) is 32.2 Å². The molecule has 1 atom stereocenters. The molecule has 0 aromatic carbocycles. The molecule has 1 rings (SSSR count). The van der Waals surface area contributed by atoms with Crippen LogP contribution in [0.3, 0.4) is 0 Å². The lowest BCUT2D eigenvalue weighted by Crippen LogP contribution is -2.26. The molecule has 0 heterocycles. The van der Waals surface area contributed by atoms with Crippen molar-refractivity contribution in [3.8, 4) is 0 Å². The first kappa shape index (κ1) is 7.80. The van der Waals surface area contributed by atoms with Gasteiger partial charge in [0.15, 0.2) is 0 Å². The second-order valence-electron chi connectivity index (χ2n) is 3.08. The summed E-state index contributed by atoms with van der Waals surface area (Å²) in [5.41, 5.74) is 0. The molecule has 0 radical (unpaired) electrons. The second-order valence-corrected chi connectivity index (χ2v) is 3.08. The van der Waals surface area contributed by atoms with Crippen molar-refractivity contribution >= 4 is 0 Å². The predicted molar refractivity (Wildman–Crippen MR) is 45.0 cm³/mol. The van der Waals surface area contributed by atoms with Crippen molar-refractivity contribution in [3.05, 3.63) is 12.7 Å². The third-order valence-corrected chi connectivity index (χ3v) is 2.04. The minimum absolute atomic E-state index is 0.567. The fourth-order valence-electron chi connectivity index (χ4n) is 1.24. The Balaban J connectivity index is 2.11. The van der Waals surface area contributed by atoms with Gasteiger partial charge in [0.05, 0.1) is 0 Å². The summed E-state index contributed by atoms with van der Waals surface area (Å²) in [6.45, 7) is 7.00. The standard InChI is InChI=1S/C9H17N/c1-3-9(10-4-2)7-8-5-6-8/h3,8-10H,1,4-7H2,2H3. The minimum atomic E-state index is 0.567. The van der Waals surface area contributed by atoms with Crippen LogP contribution in [0.25, 0.3) is 0 Å². The maximum absolute atomic E-state index is 3.80. The summed E-state index contributed by atoms with van der Waals surface area (Å²) in [5, 5.41) is 3.39. The highest BCUT2D eigenvalue weighted by Gasteiger charge is 2.23. The van der Waals surface area contributed by atoms with Gasteiger partial charge in [-0.2, -0.15) is 0 Å². The molecule has 0 aromatic rings. The molecule has 0 bridgehead atoms. The molecule has 10 heavy (non-hydrogen) atoms. The Hall–Kier alpha value is -0.300. The van der Waals surface area contributed by atoms with Crippen LogP contribution in [0.4, 0.5) is 0 Å². The Bertz CT molecular complexity index is 105. The molecule has 1 aliphatic rings. The van der Waals surface area contributed by atoms with Gasteiger partial charge in [-0.1, -0.05) is 25.8 Å². The van der Waals surface area contributed by atoms with Gasteiger partial charge in [0.2, 0.25) is 0 Å². The van der Waals surface area contributed by atoms with E-state index >= 15 is 0 Å². The van der Waals surface area contributed by atoms with E-state index in [1.165, 1.54) is 19.3 Å². The quantitative estimate of drug-likeness (QED) is 0.574. The monoisotopic (exact) mass is 139 g/mol. The van der Waals surface area contributed by atoms with Gasteiger partial charge in [0, 0.05) is 6.04 Å².